The highest BCUT2D eigenvalue weighted by Gasteiger charge is 2.07. The van der Waals surface area contributed by atoms with E-state index in [2.05, 4.69) is 29.1 Å². The lowest BCUT2D eigenvalue weighted by Gasteiger charge is -2.07. The number of nitrogens with two attached hydrogens (primary N) is 1. The average molecular weight is 352 g/mol. The van der Waals surface area contributed by atoms with Crippen LogP contribution in [0.25, 0.3) is 11.5 Å². The molecule has 3 aromatic rings. The van der Waals surface area contributed by atoms with Gasteiger partial charge in [-0.1, -0.05) is 6.07 Å². The molecule has 1 aromatic heterocycles. The Balaban J connectivity index is 1.56. The van der Waals surface area contributed by atoms with Crippen molar-refractivity contribution in [2.24, 2.45) is 10.7 Å². The molecule has 1 heterocycles. The van der Waals surface area contributed by atoms with E-state index in [4.69, 9.17) is 10.2 Å². The summed E-state index contributed by atoms with van der Waals surface area (Å²) in [6.45, 7) is 4.60. The lowest BCUT2D eigenvalue weighted by atomic mass is 10.1. The largest absolute Gasteiger partial charge is 0.444 e. The molecule has 3 rings (SSSR count). The molecular formula is C20H21FN4O. The first kappa shape index (κ1) is 17.7. The van der Waals surface area contributed by atoms with Gasteiger partial charge in [-0.25, -0.2) is 9.37 Å². The molecule has 2 aromatic carbocycles. The fraction of sp³-hybridized carbons (Fsp3) is 0.200. The Labute approximate surface area is 151 Å². The van der Waals surface area contributed by atoms with Gasteiger partial charge in [-0.3, -0.25) is 4.99 Å². The maximum Gasteiger partial charge on any atom is 0.226 e. The van der Waals surface area contributed by atoms with Gasteiger partial charge in [0.1, 0.15) is 12.1 Å². The van der Waals surface area contributed by atoms with E-state index in [0.29, 0.717) is 24.8 Å². The number of halogens is 1. The first-order valence-corrected chi connectivity index (χ1v) is 8.36. The van der Waals surface area contributed by atoms with Crippen LogP contribution in [0.15, 0.2) is 58.1 Å². The van der Waals surface area contributed by atoms with E-state index in [-0.39, 0.29) is 5.82 Å². The Morgan fingerprint density at radius 3 is 2.65 bits per heavy atom. The van der Waals surface area contributed by atoms with Gasteiger partial charge in [-0.05, 0) is 61.4 Å². The van der Waals surface area contributed by atoms with Crippen LogP contribution in [0.4, 0.5) is 10.1 Å². The minimum Gasteiger partial charge on any atom is -0.444 e. The third kappa shape index (κ3) is 4.47. The van der Waals surface area contributed by atoms with Gasteiger partial charge in [0.05, 0.1) is 5.69 Å². The third-order valence-corrected chi connectivity index (χ3v) is 4.07. The van der Waals surface area contributed by atoms with Crippen LogP contribution in [0.2, 0.25) is 0 Å². The van der Waals surface area contributed by atoms with Crippen molar-refractivity contribution in [3.8, 4) is 11.5 Å². The van der Waals surface area contributed by atoms with E-state index in [0.717, 1.165) is 16.9 Å². The van der Waals surface area contributed by atoms with Gasteiger partial charge in [-0.15, -0.1) is 0 Å². The topological polar surface area (TPSA) is 76.4 Å². The summed E-state index contributed by atoms with van der Waals surface area (Å²) in [6.07, 6.45) is 2.18. The van der Waals surface area contributed by atoms with Gasteiger partial charge in [-0.2, -0.15) is 0 Å². The molecule has 0 saturated heterocycles. The molecule has 0 unspecified atom stereocenters. The number of oxazole rings is 1. The molecule has 0 atom stereocenters. The molecule has 3 N–H and O–H groups in total. The van der Waals surface area contributed by atoms with Crippen LogP contribution in [-0.2, 0) is 6.42 Å². The predicted octanol–water partition coefficient (Wildman–Crippen LogP) is 4.07. The summed E-state index contributed by atoms with van der Waals surface area (Å²) in [6, 6.07) is 12.1. The van der Waals surface area contributed by atoms with Gasteiger partial charge in [0.2, 0.25) is 5.89 Å². The minimum atomic E-state index is -0.290. The second kappa shape index (κ2) is 7.82. The van der Waals surface area contributed by atoms with Gasteiger partial charge in [0.25, 0.3) is 0 Å². The lowest BCUT2D eigenvalue weighted by molar-refractivity contribution is 0.572. The summed E-state index contributed by atoms with van der Waals surface area (Å²) in [4.78, 5) is 8.71. The number of anilines is 1. The number of benzene rings is 2. The number of hydrogen-bond donors (Lipinski definition) is 2. The average Bonchev–Trinajstić information content (AvgIpc) is 3.08. The number of aromatic nitrogens is 1. The first-order valence-electron chi connectivity index (χ1n) is 8.36. The summed E-state index contributed by atoms with van der Waals surface area (Å²) >= 11 is 0. The van der Waals surface area contributed by atoms with E-state index >= 15 is 0 Å². The molecule has 6 heteroatoms. The second-order valence-electron chi connectivity index (χ2n) is 6.09. The van der Waals surface area contributed by atoms with Crippen molar-refractivity contribution in [3.63, 3.8) is 0 Å². The number of guanidine groups is 1. The molecule has 5 nitrogen and oxygen atoms in total. The van der Waals surface area contributed by atoms with E-state index in [9.17, 15) is 4.39 Å². The monoisotopic (exact) mass is 352 g/mol. The van der Waals surface area contributed by atoms with Gasteiger partial charge in [0, 0.05) is 24.2 Å². The maximum atomic E-state index is 13.0. The summed E-state index contributed by atoms with van der Waals surface area (Å²) < 4.78 is 18.4. The van der Waals surface area contributed by atoms with Gasteiger partial charge >= 0.3 is 0 Å². The highest BCUT2D eigenvalue weighted by atomic mass is 19.1. The Bertz CT molecular complexity index is 916. The van der Waals surface area contributed by atoms with Crippen LogP contribution in [0.1, 0.15) is 16.8 Å². The molecule has 0 saturated carbocycles. The smallest absolute Gasteiger partial charge is 0.226 e. The fourth-order valence-corrected chi connectivity index (χ4v) is 2.44. The first-order chi connectivity index (χ1) is 12.5. The third-order valence-electron chi connectivity index (χ3n) is 4.07. The summed E-state index contributed by atoms with van der Waals surface area (Å²) in [5.41, 5.74) is 10.8. The highest BCUT2D eigenvalue weighted by molar-refractivity contribution is 5.92. The highest BCUT2D eigenvalue weighted by Crippen LogP contribution is 2.19. The Morgan fingerprint density at radius 1 is 1.15 bits per heavy atom. The molecule has 0 amide bonds. The quantitative estimate of drug-likeness (QED) is 0.536. The lowest BCUT2D eigenvalue weighted by Crippen LogP contribution is -2.23. The Kier molecular flexibility index (Phi) is 5.31. The van der Waals surface area contributed by atoms with Crippen molar-refractivity contribution in [2.45, 2.75) is 20.3 Å². The number of aryl methyl sites for hydroxylation is 2. The van der Waals surface area contributed by atoms with E-state index in [1.54, 1.807) is 18.4 Å². The number of rotatable bonds is 5. The van der Waals surface area contributed by atoms with Crippen LogP contribution in [-0.4, -0.2) is 17.5 Å². The predicted molar refractivity (Wildman–Crippen MR) is 102 cm³/mol. The van der Waals surface area contributed by atoms with Crippen LogP contribution >= 0.6 is 0 Å². The minimum absolute atomic E-state index is 0.290. The Hall–Kier alpha value is -3.15. The van der Waals surface area contributed by atoms with Crippen LogP contribution in [0, 0.1) is 19.7 Å². The standard InChI is InChI=1S/C20H21FN4O/c1-13-3-8-17(11-14(13)2)25-20(22)23-10-9-18-12-26-19(24-18)15-4-6-16(21)7-5-15/h3-8,11-12H,9-10H2,1-2H3,(H3,22,23,25). The van der Waals surface area contributed by atoms with Crippen molar-refractivity contribution in [1.82, 2.24) is 4.98 Å². The zero-order chi connectivity index (χ0) is 18.5. The van der Waals surface area contributed by atoms with E-state index in [1.807, 2.05) is 18.2 Å². The number of nitrogens with one attached hydrogen (secondary N) is 1. The molecule has 0 bridgehead atoms. The van der Waals surface area contributed by atoms with Gasteiger partial charge < -0.3 is 15.5 Å². The zero-order valence-corrected chi connectivity index (χ0v) is 14.8. The molecule has 26 heavy (non-hydrogen) atoms. The molecule has 0 radical (unpaired) electrons. The van der Waals surface area contributed by atoms with Crippen molar-refractivity contribution in [2.75, 3.05) is 11.9 Å². The molecule has 0 fully saturated rings. The molecule has 0 aliphatic heterocycles. The summed E-state index contributed by atoms with van der Waals surface area (Å²) in [7, 11) is 0. The van der Waals surface area contributed by atoms with E-state index < -0.39 is 0 Å². The molecule has 134 valence electrons. The zero-order valence-electron chi connectivity index (χ0n) is 14.8. The van der Waals surface area contributed by atoms with Crippen molar-refractivity contribution in [3.05, 3.63) is 71.4 Å². The molecular weight excluding hydrogens is 331 g/mol. The molecule has 0 aliphatic rings. The van der Waals surface area contributed by atoms with Crippen molar-refractivity contribution < 1.29 is 8.81 Å². The normalized spacial score (nSPS) is 11.6. The Morgan fingerprint density at radius 2 is 1.92 bits per heavy atom. The SMILES string of the molecule is Cc1ccc(NC(N)=NCCc2coc(-c3ccc(F)cc3)n2)cc1C. The van der Waals surface area contributed by atoms with Crippen LogP contribution in [0.3, 0.4) is 0 Å². The number of aliphatic imine (C=N–C) groups is 1. The van der Waals surface area contributed by atoms with Gasteiger partial charge in [0.15, 0.2) is 5.96 Å². The maximum absolute atomic E-state index is 13.0. The second-order valence-corrected chi connectivity index (χ2v) is 6.09. The number of nitrogens with zero attached hydrogens (tertiary/aromatic N) is 2. The molecule has 0 aliphatic carbocycles. The summed E-state index contributed by atoms with van der Waals surface area (Å²) in [5, 5.41) is 3.08. The fourth-order valence-electron chi connectivity index (χ4n) is 2.44. The molecule has 0 spiro atoms. The van der Waals surface area contributed by atoms with Crippen LogP contribution < -0.4 is 11.1 Å². The van der Waals surface area contributed by atoms with Crippen molar-refractivity contribution in [1.29, 1.82) is 0 Å². The van der Waals surface area contributed by atoms with Crippen molar-refractivity contribution >= 4 is 11.6 Å². The van der Waals surface area contributed by atoms with E-state index in [1.165, 1.54) is 23.3 Å². The number of hydrogen-bond acceptors (Lipinski definition) is 3. The summed E-state index contributed by atoms with van der Waals surface area (Å²) in [5.74, 6) is 0.530. The van der Waals surface area contributed by atoms with Crippen LogP contribution in [0.5, 0.6) is 0 Å².